The highest BCUT2D eigenvalue weighted by molar-refractivity contribution is 6.46. The number of carbonyl (C=O) groups excluding carboxylic acids is 2. The zero-order valence-electron chi connectivity index (χ0n) is 19.0. The topological polar surface area (TPSA) is 70.1 Å². The molecular formula is C26H29FN2O4. The third kappa shape index (κ3) is 5.14. The maximum atomic E-state index is 14.8. The zero-order valence-corrected chi connectivity index (χ0v) is 19.0. The Labute approximate surface area is 193 Å². The Bertz CT molecular complexity index is 1040. The fourth-order valence-electron chi connectivity index (χ4n) is 3.94. The van der Waals surface area contributed by atoms with Crippen LogP contribution in [-0.4, -0.2) is 59.4 Å². The average Bonchev–Trinajstić information content (AvgIpc) is 3.08. The van der Waals surface area contributed by atoms with E-state index < -0.39 is 23.5 Å². The number of benzene rings is 2. The molecule has 1 aliphatic rings. The van der Waals surface area contributed by atoms with Gasteiger partial charge in [0.2, 0.25) is 0 Å². The van der Waals surface area contributed by atoms with Crippen molar-refractivity contribution in [1.82, 2.24) is 9.80 Å². The van der Waals surface area contributed by atoms with E-state index in [1.807, 2.05) is 13.8 Å². The van der Waals surface area contributed by atoms with Crippen LogP contribution >= 0.6 is 0 Å². The summed E-state index contributed by atoms with van der Waals surface area (Å²) in [6.45, 7) is 10.3. The predicted molar refractivity (Wildman–Crippen MR) is 125 cm³/mol. The number of likely N-dealkylation sites (N-methyl/N-ethyl adjacent to an activating group) is 1. The van der Waals surface area contributed by atoms with Crippen LogP contribution in [0.4, 0.5) is 4.39 Å². The lowest BCUT2D eigenvalue weighted by atomic mass is 9.95. The lowest BCUT2D eigenvalue weighted by molar-refractivity contribution is -0.140. The number of aliphatic hydroxyl groups is 1. The molecule has 174 valence electrons. The van der Waals surface area contributed by atoms with E-state index in [0.717, 1.165) is 13.1 Å². The van der Waals surface area contributed by atoms with Crippen molar-refractivity contribution >= 4 is 17.4 Å². The van der Waals surface area contributed by atoms with Gasteiger partial charge in [0.05, 0.1) is 11.6 Å². The second kappa shape index (κ2) is 10.9. The smallest absolute Gasteiger partial charge is 0.295 e. The predicted octanol–water partition coefficient (Wildman–Crippen LogP) is 4.15. The largest absolute Gasteiger partial charge is 0.507 e. The number of amides is 1. The van der Waals surface area contributed by atoms with Crippen LogP contribution in [-0.2, 0) is 9.59 Å². The fourth-order valence-corrected chi connectivity index (χ4v) is 3.94. The van der Waals surface area contributed by atoms with E-state index in [9.17, 15) is 19.1 Å². The van der Waals surface area contributed by atoms with Crippen LogP contribution in [0.3, 0.4) is 0 Å². The summed E-state index contributed by atoms with van der Waals surface area (Å²) in [6.07, 6.45) is 1.61. The van der Waals surface area contributed by atoms with E-state index in [4.69, 9.17) is 4.74 Å². The van der Waals surface area contributed by atoms with E-state index in [-0.39, 0.29) is 23.4 Å². The molecule has 0 aromatic heterocycles. The molecule has 0 spiro atoms. The summed E-state index contributed by atoms with van der Waals surface area (Å²) in [5.74, 6) is -1.90. The lowest BCUT2D eigenvalue weighted by Crippen LogP contribution is -2.38. The number of ketones is 1. The van der Waals surface area contributed by atoms with Gasteiger partial charge in [-0.3, -0.25) is 9.59 Å². The number of likely N-dealkylation sites (tertiary alicyclic amines) is 1. The first-order valence-electron chi connectivity index (χ1n) is 11.0. The number of rotatable bonds is 10. The molecule has 6 nitrogen and oxygen atoms in total. The van der Waals surface area contributed by atoms with Gasteiger partial charge in [0, 0.05) is 24.2 Å². The normalized spacial score (nSPS) is 17.6. The maximum absolute atomic E-state index is 14.8. The Morgan fingerprint density at radius 2 is 1.82 bits per heavy atom. The standard InChI is InChI=1S/C26H29FN2O4/c1-4-17-33-19-13-11-18(12-14-19)24(30)22-23(20-9-7-8-10-21(20)27)29(26(32)25(22)31)16-15-28(5-2)6-3/h4,7-14,23,30H,1,5-6,15-17H2,2-3H3/b24-22-. The van der Waals surface area contributed by atoms with E-state index in [2.05, 4.69) is 11.5 Å². The second-order valence-corrected chi connectivity index (χ2v) is 7.66. The van der Waals surface area contributed by atoms with Crippen molar-refractivity contribution in [3.63, 3.8) is 0 Å². The molecule has 3 rings (SSSR count). The van der Waals surface area contributed by atoms with Crippen LogP contribution in [0.2, 0.25) is 0 Å². The molecular weight excluding hydrogens is 423 g/mol. The quantitative estimate of drug-likeness (QED) is 0.254. The van der Waals surface area contributed by atoms with Crippen LogP contribution in [0.15, 0.2) is 66.8 Å². The number of Topliss-reactive ketones (excluding diaryl/α,β-unsaturated/α-hetero) is 1. The minimum absolute atomic E-state index is 0.121. The van der Waals surface area contributed by atoms with Crippen molar-refractivity contribution in [1.29, 1.82) is 0 Å². The molecule has 33 heavy (non-hydrogen) atoms. The molecule has 1 heterocycles. The molecule has 1 fully saturated rings. The molecule has 0 aliphatic carbocycles. The highest BCUT2D eigenvalue weighted by Gasteiger charge is 2.46. The van der Waals surface area contributed by atoms with Gasteiger partial charge in [-0.1, -0.05) is 44.7 Å². The van der Waals surface area contributed by atoms with Gasteiger partial charge in [0.1, 0.15) is 23.9 Å². The van der Waals surface area contributed by atoms with Crippen molar-refractivity contribution in [3.05, 3.63) is 83.7 Å². The third-order valence-corrected chi connectivity index (χ3v) is 5.79. The Morgan fingerprint density at radius 1 is 1.15 bits per heavy atom. The molecule has 1 N–H and O–H groups in total. The number of carbonyl (C=O) groups is 2. The zero-order chi connectivity index (χ0) is 24.0. The van der Waals surface area contributed by atoms with Gasteiger partial charge in [-0.05, 0) is 43.4 Å². The Hall–Kier alpha value is -3.45. The summed E-state index contributed by atoms with van der Waals surface area (Å²) < 4.78 is 20.3. The van der Waals surface area contributed by atoms with Crippen molar-refractivity contribution in [3.8, 4) is 5.75 Å². The van der Waals surface area contributed by atoms with E-state index in [1.165, 1.54) is 17.0 Å². The summed E-state index contributed by atoms with van der Waals surface area (Å²) >= 11 is 0. The number of hydrogen-bond donors (Lipinski definition) is 1. The van der Waals surface area contributed by atoms with Gasteiger partial charge in [-0.25, -0.2) is 4.39 Å². The van der Waals surface area contributed by atoms with Crippen LogP contribution in [0, 0.1) is 5.82 Å². The second-order valence-electron chi connectivity index (χ2n) is 7.66. The molecule has 0 radical (unpaired) electrons. The number of halogens is 1. The van der Waals surface area contributed by atoms with Crippen LogP contribution in [0.25, 0.3) is 5.76 Å². The van der Waals surface area contributed by atoms with Gasteiger partial charge in [-0.2, -0.15) is 0 Å². The molecule has 1 aliphatic heterocycles. The van der Waals surface area contributed by atoms with Gasteiger partial charge in [-0.15, -0.1) is 0 Å². The third-order valence-electron chi connectivity index (χ3n) is 5.79. The van der Waals surface area contributed by atoms with Crippen LogP contribution in [0.5, 0.6) is 5.75 Å². The molecule has 2 aromatic carbocycles. The van der Waals surface area contributed by atoms with E-state index in [1.54, 1.807) is 42.5 Å². The minimum atomic E-state index is -1.02. The number of aliphatic hydroxyl groups excluding tert-OH is 1. The molecule has 1 saturated heterocycles. The van der Waals surface area contributed by atoms with Gasteiger partial charge < -0.3 is 19.6 Å². The summed E-state index contributed by atoms with van der Waals surface area (Å²) in [5, 5.41) is 11.1. The fraction of sp³-hybridized carbons (Fsp3) is 0.308. The molecule has 1 amide bonds. The van der Waals surface area contributed by atoms with Gasteiger partial charge in [0.25, 0.3) is 11.7 Å². The van der Waals surface area contributed by atoms with Gasteiger partial charge >= 0.3 is 0 Å². The molecule has 2 aromatic rings. The van der Waals surface area contributed by atoms with Crippen molar-refractivity contribution in [2.24, 2.45) is 0 Å². The summed E-state index contributed by atoms with van der Waals surface area (Å²) in [7, 11) is 0. The first kappa shape index (κ1) is 24.2. The number of ether oxygens (including phenoxy) is 1. The molecule has 1 unspecified atom stereocenters. The van der Waals surface area contributed by atoms with Crippen molar-refractivity contribution in [2.75, 3.05) is 32.8 Å². The minimum Gasteiger partial charge on any atom is -0.507 e. The Morgan fingerprint density at radius 3 is 2.42 bits per heavy atom. The van der Waals surface area contributed by atoms with E-state index in [0.29, 0.717) is 24.5 Å². The highest BCUT2D eigenvalue weighted by Crippen LogP contribution is 2.40. The first-order chi connectivity index (χ1) is 15.9. The summed E-state index contributed by atoms with van der Waals surface area (Å²) in [5.41, 5.74) is 0.386. The molecule has 0 bridgehead atoms. The monoisotopic (exact) mass is 452 g/mol. The van der Waals surface area contributed by atoms with Crippen LogP contribution in [0.1, 0.15) is 31.0 Å². The van der Waals surface area contributed by atoms with Crippen molar-refractivity contribution in [2.45, 2.75) is 19.9 Å². The molecule has 0 saturated carbocycles. The molecule has 7 heteroatoms. The Kier molecular flexibility index (Phi) is 8.01. The average molecular weight is 453 g/mol. The van der Waals surface area contributed by atoms with Gasteiger partial charge in [0.15, 0.2) is 0 Å². The number of nitrogens with zero attached hydrogens (tertiary/aromatic N) is 2. The maximum Gasteiger partial charge on any atom is 0.295 e. The number of hydrogen-bond acceptors (Lipinski definition) is 5. The summed E-state index contributed by atoms with van der Waals surface area (Å²) in [6, 6.07) is 11.5. The summed E-state index contributed by atoms with van der Waals surface area (Å²) in [4.78, 5) is 29.5. The molecule has 1 atom stereocenters. The first-order valence-corrected chi connectivity index (χ1v) is 11.0. The highest BCUT2D eigenvalue weighted by atomic mass is 19.1. The van der Waals surface area contributed by atoms with Crippen LogP contribution < -0.4 is 4.74 Å². The van der Waals surface area contributed by atoms with E-state index >= 15 is 0 Å². The Balaban J connectivity index is 2.05. The van der Waals surface area contributed by atoms with Crippen molar-refractivity contribution < 1.29 is 23.8 Å². The lowest BCUT2D eigenvalue weighted by Gasteiger charge is -2.28. The SMILES string of the molecule is C=CCOc1ccc(/C(O)=C2/C(=O)C(=O)N(CCN(CC)CC)C2c2ccccc2F)cc1.